The fourth-order valence-corrected chi connectivity index (χ4v) is 1.72. The summed E-state index contributed by atoms with van der Waals surface area (Å²) in [5, 5.41) is 0. The van der Waals surface area contributed by atoms with Crippen molar-refractivity contribution in [1.82, 2.24) is 0 Å². The van der Waals surface area contributed by atoms with Gasteiger partial charge >= 0.3 is 0 Å². The van der Waals surface area contributed by atoms with Crippen LogP contribution in [0.4, 0.5) is 5.69 Å². The van der Waals surface area contributed by atoms with Gasteiger partial charge in [-0.1, -0.05) is 6.07 Å². The lowest BCUT2D eigenvalue weighted by Gasteiger charge is -2.24. The molecule has 0 radical (unpaired) electrons. The standard InChI is InChI=1S/C12H17NO2/c1-9-2-3-11(13)12(8-9)15-10-4-6-14-7-5-10/h2-3,8,10H,4-7,13H2,1H3. The molecule has 3 nitrogen and oxygen atoms in total. The van der Waals surface area contributed by atoms with Gasteiger partial charge < -0.3 is 15.2 Å². The molecule has 0 atom stereocenters. The Balaban J connectivity index is 2.05. The van der Waals surface area contributed by atoms with Gasteiger partial charge in [0.1, 0.15) is 11.9 Å². The lowest BCUT2D eigenvalue weighted by Crippen LogP contribution is -2.26. The summed E-state index contributed by atoms with van der Waals surface area (Å²) < 4.78 is 11.1. The summed E-state index contributed by atoms with van der Waals surface area (Å²) in [7, 11) is 0. The molecule has 1 aliphatic rings. The van der Waals surface area contributed by atoms with Gasteiger partial charge in [-0.3, -0.25) is 0 Å². The third kappa shape index (κ3) is 2.63. The molecule has 15 heavy (non-hydrogen) atoms. The normalized spacial score (nSPS) is 17.7. The van der Waals surface area contributed by atoms with Crippen molar-refractivity contribution in [1.29, 1.82) is 0 Å². The monoisotopic (exact) mass is 207 g/mol. The van der Waals surface area contributed by atoms with E-state index in [-0.39, 0.29) is 6.10 Å². The zero-order valence-electron chi connectivity index (χ0n) is 9.03. The zero-order valence-corrected chi connectivity index (χ0v) is 9.03. The first-order chi connectivity index (χ1) is 7.25. The van der Waals surface area contributed by atoms with Gasteiger partial charge in [-0.25, -0.2) is 0 Å². The van der Waals surface area contributed by atoms with Gasteiger partial charge in [-0.15, -0.1) is 0 Å². The number of rotatable bonds is 2. The second-order valence-electron chi connectivity index (χ2n) is 3.97. The predicted octanol–water partition coefficient (Wildman–Crippen LogP) is 2.14. The Morgan fingerprint density at radius 3 is 2.80 bits per heavy atom. The summed E-state index contributed by atoms with van der Waals surface area (Å²) in [6.45, 7) is 3.61. The van der Waals surface area contributed by atoms with Crippen molar-refractivity contribution in [3.63, 3.8) is 0 Å². The molecule has 1 aromatic rings. The number of benzene rings is 1. The highest BCUT2D eigenvalue weighted by molar-refractivity contribution is 5.53. The Kier molecular flexibility index (Phi) is 3.11. The van der Waals surface area contributed by atoms with Crippen molar-refractivity contribution in [2.24, 2.45) is 0 Å². The van der Waals surface area contributed by atoms with E-state index in [2.05, 4.69) is 0 Å². The molecule has 3 heteroatoms. The number of nitrogen functional groups attached to an aromatic ring is 1. The average Bonchev–Trinajstić information content (AvgIpc) is 2.25. The first-order valence-electron chi connectivity index (χ1n) is 5.36. The summed E-state index contributed by atoms with van der Waals surface area (Å²) in [6, 6.07) is 5.88. The second-order valence-corrected chi connectivity index (χ2v) is 3.97. The van der Waals surface area contributed by atoms with Crippen LogP contribution < -0.4 is 10.5 Å². The Hall–Kier alpha value is -1.22. The van der Waals surface area contributed by atoms with E-state index in [4.69, 9.17) is 15.2 Å². The molecular weight excluding hydrogens is 190 g/mol. The van der Waals surface area contributed by atoms with Crippen LogP contribution in [-0.2, 0) is 4.74 Å². The highest BCUT2D eigenvalue weighted by Crippen LogP contribution is 2.25. The summed E-state index contributed by atoms with van der Waals surface area (Å²) in [5.74, 6) is 0.807. The minimum Gasteiger partial charge on any atom is -0.488 e. The van der Waals surface area contributed by atoms with Crippen LogP contribution in [0.25, 0.3) is 0 Å². The third-order valence-corrected chi connectivity index (χ3v) is 2.63. The largest absolute Gasteiger partial charge is 0.488 e. The van der Waals surface area contributed by atoms with Crippen LogP contribution in [0.3, 0.4) is 0 Å². The maximum Gasteiger partial charge on any atom is 0.142 e. The number of anilines is 1. The Morgan fingerprint density at radius 2 is 2.07 bits per heavy atom. The third-order valence-electron chi connectivity index (χ3n) is 2.63. The molecule has 1 heterocycles. The molecule has 2 N–H and O–H groups in total. The first kappa shape index (κ1) is 10.3. The van der Waals surface area contributed by atoms with E-state index in [1.807, 2.05) is 25.1 Å². The van der Waals surface area contributed by atoms with Crippen molar-refractivity contribution in [2.75, 3.05) is 18.9 Å². The molecule has 0 amide bonds. The maximum absolute atomic E-state index is 5.86. The fourth-order valence-electron chi connectivity index (χ4n) is 1.72. The van der Waals surface area contributed by atoms with Gasteiger partial charge in [0, 0.05) is 12.8 Å². The number of hydrogen-bond donors (Lipinski definition) is 1. The molecular formula is C12H17NO2. The molecule has 0 saturated carbocycles. The lowest BCUT2D eigenvalue weighted by atomic mass is 10.1. The van der Waals surface area contributed by atoms with E-state index >= 15 is 0 Å². The van der Waals surface area contributed by atoms with Crippen LogP contribution in [0.1, 0.15) is 18.4 Å². The van der Waals surface area contributed by atoms with Gasteiger partial charge in [0.25, 0.3) is 0 Å². The smallest absolute Gasteiger partial charge is 0.142 e. The van der Waals surface area contributed by atoms with Crippen LogP contribution in [0.5, 0.6) is 5.75 Å². The Labute approximate surface area is 90.2 Å². The molecule has 1 fully saturated rings. The minimum absolute atomic E-state index is 0.253. The summed E-state index contributed by atoms with van der Waals surface area (Å²) in [4.78, 5) is 0. The van der Waals surface area contributed by atoms with Crippen LogP contribution in [0.2, 0.25) is 0 Å². The lowest BCUT2D eigenvalue weighted by molar-refractivity contribution is 0.0258. The minimum atomic E-state index is 0.253. The molecule has 82 valence electrons. The van der Waals surface area contributed by atoms with E-state index in [0.717, 1.165) is 31.8 Å². The van der Waals surface area contributed by atoms with Gasteiger partial charge in [0.15, 0.2) is 0 Å². The SMILES string of the molecule is Cc1ccc(N)c(OC2CCOCC2)c1. The predicted molar refractivity (Wildman–Crippen MR) is 60.1 cm³/mol. The molecule has 1 saturated heterocycles. The summed E-state index contributed by atoms with van der Waals surface area (Å²) in [5.41, 5.74) is 7.74. The van der Waals surface area contributed by atoms with Crippen LogP contribution in [0, 0.1) is 6.92 Å². The molecule has 0 spiro atoms. The number of nitrogens with two attached hydrogens (primary N) is 1. The molecule has 1 aromatic carbocycles. The van der Waals surface area contributed by atoms with Crippen molar-refractivity contribution in [3.8, 4) is 5.75 Å². The number of aryl methyl sites for hydroxylation is 1. The Morgan fingerprint density at radius 1 is 1.33 bits per heavy atom. The number of hydrogen-bond acceptors (Lipinski definition) is 3. The first-order valence-corrected chi connectivity index (χ1v) is 5.36. The van der Waals surface area contributed by atoms with Gasteiger partial charge in [0.2, 0.25) is 0 Å². The van der Waals surface area contributed by atoms with Crippen molar-refractivity contribution >= 4 is 5.69 Å². The van der Waals surface area contributed by atoms with Crippen molar-refractivity contribution < 1.29 is 9.47 Å². The highest BCUT2D eigenvalue weighted by Gasteiger charge is 2.16. The van der Waals surface area contributed by atoms with E-state index in [0.29, 0.717) is 5.69 Å². The van der Waals surface area contributed by atoms with Gasteiger partial charge in [0.05, 0.1) is 18.9 Å². The summed E-state index contributed by atoms with van der Waals surface area (Å²) in [6.07, 6.45) is 2.16. The van der Waals surface area contributed by atoms with Gasteiger partial charge in [-0.05, 0) is 24.6 Å². The Bertz CT molecular complexity index is 332. The van der Waals surface area contributed by atoms with Crippen LogP contribution in [-0.4, -0.2) is 19.3 Å². The maximum atomic E-state index is 5.86. The molecule has 1 aliphatic heterocycles. The van der Waals surface area contributed by atoms with E-state index in [1.165, 1.54) is 5.56 Å². The summed E-state index contributed by atoms with van der Waals surface area (Å²) >= 11 is 0. The van der Waals surface area contributed by atoms with E-state index in [1.54, 1.807) is 0 Å². The molecule has 0 aliphatic carbocycles. The molecule has 0 aromatic heterocycles. The zero-order chi connectivity index (χ0) is 10.7. The van der Waals surface area contributed by atoms with Crippen LogP contribution in [0.15, 0.2) is 18.2 Å². The molecule has 0 unspecified atom stereocenters. The highest BCUT2D eigenvalue weighted by atomic mass is 16.5. The topological polar surface area (TPSA) is 44.5 Å². The van der Waals surface area contributed by atoms with Crippen molar-refractivity contribution in [2.45, 2.75) is 25.9 Å². The second kappa shape index (κ2) is 4.53. The van der Waals surface area contributed by atoms with E-state index < -0.39 is 0 Å². The number of ether oxygens (including phenoxy) is 2. The quantitative estimate of drug-likeness (QED) is 0.755. The van der Waals surface area contributed by atoms with E-state index in [9.17, 15) is 0 Å². The van der Waals surface area contributed by atoms with Crippen LogP contribution >= 0.6 is 0 Å². The molecule has 0 bridgehead atoms. The fraction of sp³-hybridized carbons (Fsp3) is 0.500. The van der Waals surface area contributed by atoms with Gasteiger partial charge in [-0.2, -0.15) is 0 Å². The van der Waals surface area contributed by atoms with Crippen molar-refractivity contribution in [3.05, 3.63) is 23.8 Å². The average molecular weight is 207 g/mol. The molecule has 2 rings (SSSR count).